The van der Waals surface area contributed by atoms with Crippen LogP contribution in [-0.4, -0.2) is 9.71 Å². The highest BCUT2D eigenvalue weighted by molar-refractivity contribution is 14.1. The number of carbonyl (C=O) groups excluding carboxylic acids is 1. The van der Waals surface area contributed by atoms with Gasteiger partial charge in [0.15, 0.2) is 5.78 Å². The molecule has 0 N–H and O–H groups in total. The second-order valence-electron chi connectivity index (χ2n) is 5.15. The molecule has 0 heterocycles. The van der Waals surface area contributed by atoms with E-state index in [1.165, 1.54) is 44.9 Å². The maximum Gasteiger partial charge on any atom is 0.163 e. The smallest absolute Gasteiger partial charge is 0.163 e. The van der Waals surface area contributed by atoms with Crippen molar-refractivity contribution in [1.82, 2.24) is 0 Å². The summed E-state index contributed by atoms with van der Waals surface area (Å²) < 4.78 is 0.483. The predicted octanol–water partition coefficient (Wildman–Crippen LogP) is 5.81. The van der Waals surface area contributed by atoms with E-state index in [2.05, 4.69) is 29.5 Å². The quantitative estimate of drug-likeness (QED) is 0.219. The lowest BCUT2D eigenvalue weighted by Gasteiger charge is -2.09. The SMILES string of the molecule is CCCCCCCCC(I)CC(=O)c1ccccc1. The van der Waals surface area contributed by atoms with Crippen LogP contribution in [-0.2, 0) is 0 Å². The summed E-state index contributed by atoms with van der Waals surface area (Å²) in [7, 11) is 0. The third-order valence-electron chi connectivity index (χ3n) is 3.37. The van der Waals surface area contributed by atoms with E-state index in [4.69, 9.17) is 0 Å². The van der Waals surface area contributed by atoms with Gasteiger partial charge in [0.2, 0.25) is 0 Å². The van der Waals surface area contributed by atoms with Gasteiger partial charge in [-0.15, -0.1) is 0 Å². The Morgan fingerprint density at radius 2 is 1.68 bits per heavy atom. The van der Waals surface area contributed by atoms with Gasteiger partial charge in [0.25, 0.3) is 0 Å². The Kier molecular flexibility index (Phi) is 9.14. The fourth-order valence-electron chi connectivity index (χ4n) is 2.19. The third kappa shape index (κ3) is 7.71. The highest BCUT2D eigenvalue weighted by Crippen LogP contribution is 2.18. The van der Waals surface area contributed by atoms with Gasteiger partial charge in [0.05, 0.1) is 0 Å². The fourth-order valence-corrected chi connectivity index (χ4v) is 3.03. The van der Waals surface area contributed by atoms with Crippen LogP contribution in [0.4, 0.5) is 0 Å². The summed E-state index contributed by atoms with van der Waals surface area (Å²) in [5, 5.41) is 0. The van der Waals surface area contributed by atoms with Crippen LogP contribution < -0.4 is 0 Å². The second-order valence-corrected chi connectivity index (χ2v) is 6.91. The van der Waals surface area contributed by atoms with Crippen LogP contribution in [0.3, 0.4) is 0 Å². The normalized spacial score (nSPS) is 12.3. The Balaban J connectivity index is 2.14. The topological polar surface area (TPSA) is 17.1 Å². The lowest BCUT2D eigenvalue weighted by atomic mass is 10.0. The molecule has 1 aromatic rings. The van der Waals surface area contributed by atoms with Crippen LogP contribution >= 0.6 is 22.6 Å². The van der Waals surface area contributed by atoms with E-state index >= 15 is 0 Å². The maximum absolute atomic E-state index is 12.0. The summed E-state index contributed by atoms with van der Waals surface area (Å²) in [4.78, 5) is 12.0. The number of hydrogen-bond acceptors (Lipinski definition) is 1. The highest BCUT2D eigenvalue weighted by atomic mass is 127. The van der Waals surface area contributed by atoms with E-state index in [1.807, 2.05) is 30.3 Å². The van der Waals surface area contributed by atoms with Gasteiger partial charge in [-0.2, -0.15) is 0 Å². The Labute approximate surface area is 131 Å². The average Bonchev–Trinajstić information content (AvgIpc) is 2.43. The monoisotopic (exact) mass is 372 g/mol. The van der Waals surface area contributed by atoms with E-state index < -0.39 is 0 Å². The predicted molar refractivity (Wildman–Crippen MR) is 91.2 cm³/mol. The van der Waals surface area contributed by atoms with Gasteiger partial charge >= 0.3 is 0 Å². The summed E-state index contributed by atoms with van der Waals surface area (Å²) in [5.41, 5.74) is 0.854. The fraction of sp³-hybridized carbons (Fsp3) is 0.588. The average molecular weight is 372 g/mol. The summed E-state index contributed by atoms with van der Waals surface area (Å²) >= 11 is 2.43. The largest absolute Gasteiger partial charge is 0.294 e. The minimum absolute atomic E-state index is 0.283. The first-order chi connectivity index (χ1) is 9.24. The molecule has 106 valence electrons. The van der Waals surface area contributed by atoms with Crippen LogP contribution in [0.2, 0.25) is 0 Å². The number of carbonyl (C=O) groups is 1. The number of alkyl halides is 1. The molecular weight excluding hydrogens is 347 g/mol. The zero-order valence-corrected chi connectivity index (χ0v) is 14.1. The molecule has 2 heteroatoms. The lowest BCUT2D eigenvalue weighted by molar-refractivity contribution is 0.0982. The van der Waals surface area contributed by atoms with Crippen molar-refractivity contribution >= 4 is 28.4 Å². The first-order valence-electron chi connectivity index (χ1n) is 7.46. The molecule has 0 saturated carbocycles. The van der Waals surface area contributed by atoms with Gasteiger partial charge in [-0.25, -0.2) is 0 Å². The minimum Gasteiger partial charge on any atom is -0.294 e. The van der Waals surface area contributed by atoms with Crippen molar-refractivity contribution in [3.63, 3.8) is 0 Å². The minimum atomic E-state index is 0.283. The van der Waals surface area contributed by atoms with E-state index in [-0.39, 0.29) is 5.78 Å². The number of unbranched alkanes of at least 4 members (excludes halogenated alkanes) is 5. The third-order valence-corrected chi connectivity index (χ3v) is 4.44. The van der Waals surface area contributed by atoms with E-state index in [0.29, 0.717) is 10.3 Å². The molecular formula is C17H25IO. The lowest BCUT2D eigenvalue weighted by Crippen LogP contribution is -2.08. The number of benzene rings is 1. The van der Waals surface area contributed by atoms with Crippen molar-refractivity contribution in [2.75, 3.05) is 0 Å². The van der Waals surface area contributed by atoms with Crippen molar-refractivity contribution in [2.45, 2.75) is 62.2 Å². The molecule has 1 aromatic carbocycles. The molecule has 0 amide bonds. The number of ketones is 1. The number of Topliss-reactive ketones (excluding diaryl/α,β-unsaturated/α-hetero) is 1. The Morgan fingerprint density at radius 1 is 1.05 bits per heavy atom. The molecule has 0 bridgehead atoms. The summed E-state index contributed by atoms with van der Waals surface area (Å²) in [6.45, 7) is 2.25. The van der Waals surface area contributed by atoms with Gasteiger partial charge in [-0.1, -0.05) is 98.4 Å². The summed E-state index contributed by atoms with van der Waals surface area (Å²) in [6, 6.07) is 9.65. The molecule has 19 heavy (non-hydrogen) atoms. The van der Waals surface area contributed by atoms with E-state index in [9.17, 15) is 4.79 Å². The second kappa shape index (κ2) is 10.4. The summed E-state index contributed by atoms with van der Waals surface area (Å²) in [6.07, 6.45) is 9.82. The molecule has 0 fully saturated rings. The van der Waals surface area contributed by atoms with Crippen LogP contribution in [0.15, 0.2) is 30.3 Å². The van der Waals surface area contributed by atoms with Crippen LogP contribution in [0.5, 0.6) is 0 Å². The van der Waals surface area contributed by atoms with E-state index in [1.54, 1.807) is 0 Å². The molecule has 0 aromatic heterocycles. The molecule has 1 unspecified atom stereocenters. The molecule has 0 radical (unpaired) electrons. The summed E-state index contributed by atoms with van der Waals surface area (Å²) in [5.74, 6) is 0.283. The number of hydrogen-bond donors (Lipinski definition) is 0. The molecule has 1 rings (SSSR count). The van der Waals surface area contributed by atoms with Crippen molar-refractivity contribution in [3.8, 4) is 0 Å². The standard InChI is InChI=1S/C17H25IO/c1-2-3-4-5-6-10-13-16(18)14-17(19)15-11-8-7-9-12-15/h7-9,11-12,16H,2-6,10,13-14H2,1H3. The molecule has 0 aliphatic heterocycles. The van der Waals surface area contributed by atoms with E-state index in [0.717, 1.165) is 5.56 Å². The van der Waals surface area contributed by atoms with Gasteiger partial charge in [-0.3, -0.25) is 4.79 Å². The molecule has 1 atom stereocenters. The maximum atomic E-state index is 12.0. The number of halogens is 1. The van der Waals surface area contributed by atoms with Crippen molar-refractivity contribution in [1.29, 1.82) is 0 Å². The van der Waals surface area contributed by atoms with Gasteiger partial charge < -0.3 is 0 Å². The number of rotatable bonds is 10. The van der Waals surface area contributed by atoms with Crippen LogP contribution in [0, 0.1) is 0 Å². The van der Waals surface area contributed by atoms with Crippen molar-refractivity contribution in [2.24, 2.45) is 0 Å². The molecule has 0 aliphatic rings. The molecule has 0 spiro atoms. The first kappa shape index (κ1) is 16.7. The Morgan fingerprint density at radius 3 is 2.37 bits per heavy atom. The first-order valence-corrected chi connectivity index (χ1v) is 8.71. The van der Waals surface area contributed by atoms with Gasteiger partial charge in [0, 0.05) is 15.9 Å². The zero-order chi connectivity index (χ0) is 13.9. The highest BCUT2D eigenvalue weighted by Gasteiger charge is 2.11. The molecule has 0 aliphatic carbocycles. The van der Waals surface area contributed by atoms with Crippen LogP contribution in [0.25, 0.3) is 0 Å². The van der Waals surface area contributed by atoms with Gasteiger partial charge in [-0.05, 0) is 6.42 Å². The molecule has 1 nitrogen and oxygen atoms in total. The Hall–Kier alpha value is -0.380. The Bertz CT molecular complexity index is 348. The van der Waals surface area contributed by atoms with Crippen molar-refractivity contribution < 1.29 is 4.79 Å². The van der Waals surface area contributed by atoms with Crippen LogP contribution in [0.1, 0.15) is 68.6 Å². The molecule has 0 saturated heterocycles. The van der Waals surface area contributed by atoms with Gasteiger partial charge in [0.1, 0.15) is 0 Å². The van der Waals surface area contributed by atoms with Crippen molar-refractivity contribution in [3.05, 3.63) is 35.9 Å². The zero-order valence-electron chi connectivity index (χ0n) is 11.9.